The maximum Gasteiger partial charge on any atom is 0.243 e. The minimum atomic E-state index is -3.58. The quantitative estimate of drug-likeness (QED) is 0.727. The lowest BCUT2D eigenvalue weighted by atomic mass is 9.96. The normalized spacial score (nSPS) is 15.6. The minimum Gasteiger partial charge on any atom is -0.341 e. The van der Waals surface area contributed by atoms with Gasteiger partial charge in [0.2, 0.25) is 15.9 Å². The van der Waals surface area contributed by atoms with Crippen molar-refractivity contribution in [1.82, 2.24) is 9.21 Å². The van der Waals surface area contributed by atoms with Crippen LogP contribution in [0, 0.1) is 17.2 Å². The van der Waals surface area contributed by atoms with Crippen molar-refractivity contribution in [2.75, 3.05) is 20.1 Å². The zero-order valence-corrected chi connectivity index (χ0v) is 17.7. The lowest BCUT2D eigenvalue weighted by Crippen LogP contribution is -2.43. The number of halogens is 1. The van der Waals surface area contributed by atoms with Gasteiger partial charge in [0.05, 0.1) is 16.5 Å². The number of amides is 1. The first-order chi connectivity index (χ1) is 13.8. The molecule has 0 N–H and O–H groups in total. The van der Waals surface area contributed by atoms with E-state index in [0.717, 1.165) is 5.56 Å². The van der Waals surface area contributed by atoms with Crippen molar-refractivity contribution in [1.29, 1.82) is 5.26 Å². The molecule has 1 heterocycles. The van der Waals surface area contributed by atoms with Crippen LogP contribution < -0.4 is 0 Å². The highest BCUT2D eigenvalue weighted by molar-refractivity contribution is 7.89. The number of sulfonamides is 1. The zero-order chi connectivity index (χ0) is 21.0. The fourth-order valence-corrected chi connectivity index (χ4v) is 5.04. The zero-order valence-electron chi connectivity index (χ0n) is 16.1. The van der Waals surface area contributed by atoms with Crippen LogP contribution in [0.25, 0.3) is 0 Å². The van der Waals surface area contributed by atoms with E-state index in [0.29, 0.717) is 43.1 Å². The highest BCUT2D eigenvalue weighted by Gasteiger charge is 2.33. The van der Waals surface area contributed by atoms with Gasteiger partial charge in [-0.3, -0.25) is 4.79 Å². The molecule has 0 aromatic heterocycles. The third-order valence-corrected chi connectivity index (χ3v) is 7.30. The molecule has 0 spiro atoms. The highest BCUT2D eigenvalue weighted by Crippen LogP contribution is 2.26. The molecular weight excluding hydrogens is 410 g/mol. The van der Waals surface area contributed by atoms with Gasteiger partial charge >= 0.3 is 0 Å². The predicted octanol–water partition coefficient (Wildman–Crippen LogP) is 3.27. The molecule has 8 heteroatoms. The van der Waals surface area contributed by atoms with Gasteiger partial charge in [-0.2, -0.15) is 9.57 Å². The highest BCUT2D eigenvalue weighted by atomic mass is 35.5. The number of carbonyl (C=O) groups excluding carboxylic acids is 1. The van der Waals surface area contributed by atoms with Crippen molar-refractivity contribution in [2.24, 2.45) is 5.92 Å². The first-order valence-corrected chi connectivity index (χ1v) is 11.1. The van der Waals surface area contributed by atoms with Gasteiger partial charge in [-0.1, -0.05) is 23.7 Å². The van der Waals surface area contributed by atoms with Crippen molar-refractivity contribution >= 4 is 27.5 Å². The summed E-state index contributed by atoms with van der Waals surface area (Å²) in [6.45, 7) is 1.08. The van der Waals surface area contributed by atoms with Gasteiger partial charge in [0.15, 0.2) is 0 Å². The summed E-state index contributed by atoms with van der Waals surface area (Å²) in [7, 11) is -1.83. The summed E-state index contributed by atoms with van der Waals surface area (Å²) in [5.41, 5.74) is 1.53. The van der Waals surface area contributed by atoms with Gasteiger partial charge in [0.1, 0.15) is 0 Å². The molecule has 2 aromatic rings. The van der Waals surface area contributed by atoms with Crippen LogP contribution in [0.5, 0.6) is 0 Å². The van der Waals surface area contributed by atoms with Crippen LogP contribution in [-0.2, 0) is 21.4 Å². The molecule has 0 aliphatic carbocycles. The molecule has 0 atom stereocenters. The number of carbonyl (C=O) groups is 1. The van der Waals surface area contributed by atoms with Crippen molar-refractivity contribution in [3.05, 3.63) is 64.7 Å². The Kier molecular flexibility index (Phi) is 6.58. The summed E-state index contributed by atoms with van der Waals surface area (Å²) in [4.78, 5) is 14.7. The van der Waals surface area contributed by atoms with Crippen LogP contribution >= 0.6 is 11.6 Å². The molecule has 1 aliphatic heterocycles. The predicted molar refractivity (Wildman–Crippen MR) is 111 cm³/mol. The van der Waals surface area contributed by atoms with Crippen LogP contribution in [0.3, 0.4) is 0 Å². The van der Waals surface area contributed by atoms with Gasteiger partial charge in [0.25, 0.3) is 0 Å². The van der Waals surface area contributed by atoms with Crippen molar-refractivity contribution in [3.63, 3.8) is 0 Å². The van der Waals surface area contributed by atoms with Gasteiger partial charge in [-0.05, 0) is 54.8 Å². The standard InChI is InChI=1S/C21H22ClN3O3S/c1-24(15-17-4-2-16(14-23)3-5-17)21(26)18-10-12-25(13-11-18)29(27,28)20-8-6-19(22)7-9-20/h2-9,18H,10-13,15H2,1H3. The second-order valence-corrected chi connectivity index (χ2v) is 9.51. The lowest BCUT2D eigenvalue weighted by molar-refractivity contribution is -0.135. The Balaban J connectivity index is 1.58. The molecule has 6 nitrogen and oxygen atoms in total. The maximum atomic E-state index is 12.8. The summed E-state index contributed by atoms with van der Waals surface area (Å²) < 4.78 is 27.0. The average Bonchev–Trinajstić information content (AvgIpc) is 2.74. The van der Waals surface area contributed by atoms with E-state index in [4.69, 9.17) is 16.9 Å². The molecule has 1 amide bonds. The van der Waals surface area contributed by atoms with Gasteiger partial charge < -0.3 is 4.90 Å². The van der Waals surface area contributed by atoms with Crippen LogP contribution in [-0.4, -0.2) is 43.7 Å². The van der Waals surface area contributed by atoms with E-state index in [1.54, 1.807) is 36.2 Å². The number of piperidine rings is 1. The summed E-state index contributed by atoms with van der Waals surface area (Å²) >= 11 is 5.84. The molecule has 2 aromatic carbocycles. The Morgan fingerprint density at radius 3 is 2.28 bits per heavy atom. The Hall–Kier alpha value is -2.40. The van der Waals surface area contributed by atoms with E-state index < -0.39 is 10.0 Å². The van der Waals surface area contributed by atoms with Crippen molar-refractivity contribution in [2.45, 2.75) is 24.3 Å². The van der Waals surface area contributed by atoms with Gasteiger partial charge in [0, 0.05) is 37.6 Å². The van der Waals surface area contributed by atoms with E-state index >= 15 is 0 Å². The minimum absolute atomic E-state index is 0.0119. The van der Waals surface area contributed by atoms with Gasteiger partial charge in [-0.15, -0.1) is 0 Å². The maximum absolute atomic E-state index is 12.8. The Bertz CT molecular complexity index is 1010. The SMILES string of the molecule is CN(Cc1ccc(C#N)cc1)C(=O)C1CCN(S(=O)(=O)c2ccc(Cl)cc2)CC1. The lowest BCUT2D eigenvalue weighted by Gasteiger charge is -2.32. The van der Waals surface area contributed by atoms with Crippen LogP contribution in [0.4, 0.5) is 0 Å². The molecule has 29 heavy (non-hydrogen) atoms. The number of hydrogen-bond donors (Lipinski definition) is 0. The Morgan fingerprint density at radius 1 is 1.14 bits per heavy atom. The molecule has 1 aliphatic rings. The number of benzene rings is 2. The number of nitriles is 1. The van der Waals surface area contributed by atoms with E-state index in [-0.39, 0.29) is 16.7 Å². The number of rotatable bonds is 5. The smallest absolute Gasteiger partial charge is 0.243 e. The fraction of sp³-hybridized carbons (Fsp3) is 0.333. The molecular formula is C21H22ClN3O3S. The third kappa shape index (κ3) is 4.96. The number of nitrogens with zero attached hydrogens (tertiary/aromatic N) is 3. The molecule has 152 valence electrons. The van der Waals surface area contributed by atoms with Crippen LogP contribution in [0.1, 0.15) is 24.0 Å². The summed E-state index contributed by atoms with van der Waals surface area (Å²) in [5, 5.41) is 9.35. The first-order valence-electron chi connectivity index (χ1n) is 9.31. The third-order valence-electron chi connectivity index (χ3n) is 5.13. The molecule has 1 saturated heterocycles. The van der Waals surface area contributed by atoms with Gasteiger partial charge in [-0.25, -0.2) is 8.42 Å². The summed E-state index contributed by atoms with van der Waals surface area (Å²) in [6.07, 6.45) is 0.979. The monoisotopic (exact) mass is 431 g/mol. The molecule has 0 saturated carbocycles. The molecule has 0 bridgehead atoms. The average molecular weight is 432 g/mol. The van der Waals surface area contributed by atoms with Crippen molar-refractivity contribution < 1.29 is 13.2 Å². The second kappa shape index (κ2) is 8.95. The molecule has 3 rings (SSSR count). The summed E-state index contributed by atoms with van der Waals surface area (Å²) in [6, 6.07) is 15.3. The Morgan fingerprint density at radius 2 is 1.72 bits per heavy atom. The van der Waals surface area contributed by atoms with E-state index in [1.807, 2.05) is 12.1 Å². The van der Waals surface area contributed by atoms with E-state index in [9.17, 15) is 13.2 Å². The molecule has 0 radical (unpaired) electrons. The first kappa shape index (κ1) is 21.3. The summed E-state index contributed by atoms with van der Waals surface area (Å²) in [5.74, 6) is -0.187. The van der Waals surface area contributed by atoms with Crippen LogP contribution in [0.15, 0.2) is 53.4 Å². The fourth-order valence-electron chi connectivity index (χ4n) is 3.45. The second-order valence-electron chi connectivity index (χ2n) is 7.14. The molecule has 0 unspecified atom stereocenters. The number of hydrogen-bond acceptors (Lipinski definition) is 4. The van der Waals surface area contributed by atoms with Crippen LogP contribution in [0.2, 0.25) is 5.02 Å². The molecule has 1 fully saturated rings. The Labute approximate surface area is 176 Å². The topological polar surface area (TPSA) is 81.5 Å². The van der Waals surface area contributed by atoms with Crippen molar-refractivity contribution in [3.8, 4) is 6.07 Å². The van der Waals surface area contributed by atoms with E-state index in [1.165, 1.54) is 16.4 Å². The largest absolute Gasteiger partial charge is 0.341 e. The van der Waals surface area contributed by atoms with E-state index in [2.05, 4.69) is 6.07 Å².